The van der Waals surface area contributed by atoms with Gasteiger partial charge < -0.3 is 15.7 Å². The van der Waals surface area contributed by atoms with Crippen molar-refractivity contribution in [2.24, 2.45) is 5.73 Å². The van der Waals surface area contributed by atoms with E-state index in [2.05, 4.69) is 4.90 Å². The Kier molecular flexibility index (Phi) is 2.78. The monoisotopic (exact) mass is 240 g/mol. The summed E-state index contributed by atoms with van der Waals surface area (Å²) < 4.78 is 0. The number of aliphatic carboxylic acids is 1. The van der Waals surface area contributed by atoms with Crippen LogP contribution in [-0.4, -0.2) is 24.7 Å². The van der Waals surface area contributed by atoms with Gasteiger partial charge in [-0.1, -0.05) is 17.7 Å². The maximum absolute atomic E-state index is 10.8. The van der Waals surface area contributed by atoms with Gasteiger partial charge in [-0.2, -0.15) is 0 Å². The fourth-order valence-corrected chi connectivity index (χ4v) is 2.41. The number of likely N-dealkylation sites (N-methyl/N-ethyl adjacent to an activating group) is 1. The van der Waals surface area contributed by atoms with Crippen LogP contribution in [0.1, 0.15) is 17.2 Å². The number of hydrogen-bond acceptors (Lipinski definition) is 3. The molecule has 1 aromatic carbocycles. The fraction of sp³-hybridized carbons (Fsp3) is 0.364. The average molecular weight is 241 g/mol. The van der Waals surface area contributed by atoms with Crippen LogP contribution in [0.25, 0.3) is 0 Å². The Morgan fingerprint density at radius 3 is 2.94 bits per heavy atom. The summed E-state index contributed by atoms with van der Waals surface area (Å²) in [6.07, 6.45) is 0.881. The standard InChI is InChI=1S/C11H13ClN2O2/c1-14-3-2-6-4-7(9(13)11(15)16)5-8(12)10(6)14/h4-5,9H,2-3,13H2,1H3,(H,15,16). The molecule has 3 N–H and O–H groups in total. The maximum Gasteiger partial charge on any atom is 0.325 e. The van der Waals surface area contributed by atoms with Crippen molar-refractivity contribution in [2.45, 2.75) is 12.5 Å². The summed E-state index contributed by atoms with van der Waals surface area (Å²) in [5, 5.41) is 9.42. The van der Waals surface area contributed by atoms with Gasteiger partial charge in [-0.25, -0.2) is 0 Å². The molecule has 0 aromatic heterocycles. The molecule has 0 radical (unpaired) electrons. The lowest BCUT2D eigenvalue weighted by atomic mass is 10.0. The number of fused-ring (bicyclic) bond motifs is 1. The van der Waals surface area contributed by atoms with E-state index < -0.39 is 12.0 Å². The zero-order chi connectivity index (χ0) is 11.9. The maximum atomic E-state index is 10.8. The summed E-state index contributed by atoms with van der Waals surface area (Å²) >= 11 is 6.13. The lowest BCUT2D eigenvalue weighted by Gasteiger charge is -2.15. The molecule has 1 unspecified atom stereocenters. The highest BCUT2D eigenvalue weighted by molar-refractivity contribution is 6.33. The number of anilines is 1. The van der Waals surface area contributed by atoms with Crippen molar-refractivity contribution in [1.82, 2.24) is 0 Å². The lowest BCUT2D eigenvalue weighted by Crippen LogP contribution is -2.20. The molecule has 0 amide bonds. The second-order valence-electron chi connectivity index (χ2n) is 4.00. The SMILES string of the molecule is CN1CCc2cc(C(N)C(=O)O)cc(Cl)c21. The smallest absolute Gasteiger partial charge is 0.325 e. The van der Waals surface area contributed by atoms with E-state index in [-0.39, 0.29) is 0 Å². The Hall–Kier alpha value is -1.26. The Morgan fingerprint density at radius 2 is 2.31 bits per heavy atom. The fourth-order valence-electron chi connectivity index (χ4n) is 2.02. The van der Waals surface area contributed by atoms with Crippen molar-refractivity contribution in [2.75, 3.05) is 18.5 Å². The number of hydrogen-bond donors (Lipinski definition) is 2. The first-order chi connectivity index (χ1) is 7.50. The van der Waals surface area contributed by atoms with Crippen molar-refractivity contribution in [1.29, 1.82) is 0 Å². The minimum Gasteiger partial charge on any atom is -0.480 e. The van der Waals surface area contributed by atoms with Gasteiger partial charge in [-0.15, -0.1) is 0 Å². The van der Waals surface area contributed by atoms with E-state index in [1.54, 1.807) is 6.07 Å². The molecule has 86 valence electrons. The van der Waals surface area contributed by atoms with Crippen LogP contribution in [0.2, 0.25) is 5.02 Å². The number of rotatable bonds is 2. The molecule has 4 nitrogen and oxygen atoms in total. The molecule has 5 heteroatoms. The lowest BCUT2D eigenvalue weighted by molar-refractivity contribution is -0.138. The minimum atomic E-state index is -1.04. The first-order valence-corrected chi connectivity index (χ1v) is 5.40. The normalized spacial score (nSPS) is 16.1. The van der Waals surface area contributed by atoms with Gasteiger partial charge in [0.05, 0.1) is 10.7 Å². The van der Waals surface area contributed by atoms with E-state index in [0.717, 1.165) is 24.2 Å². The van der Waals surface area contributed by atoms with Gasteiger partial charge >= 0.3 is 5.97 Å². The second-order valence-corrected chi connectivity index (χ2v) is 4.41. The topological polar surface area (TPSA) is 66.6 Å². The van der Waals surface area contributed by atoms with Crippen molar-refractivity contribution in [3.05, 3.63) is 28.3 Å². The molecular formula is C11H13ClN2O2. The van der Waals surface area contributed by atoms with Gasteiger partial charge in [-0.3, -0.25) is 4.79 Å². The molecule has 1 aliphatic heterocycles. The Balaban J connectivity index is 2.46. The van der Waals surface area contributed by atoms with Crippen LogP contribution in [0.3, 0.4) is 0 Å². The first-order valence-electron chi connectivity index (χ1n) is 5.02. The second kappa shape index (κ2) is 3.96. The molecule has 1 aliphatic rings. The van der Waals surface area contributed by atoms with Crippen molar-refractivity contribution < 1.29 is 9.90 Å². The number of halogens is 1. The van der Waals surface area contributed by atoms with E-state index in [1.165, 1.54) is 0 Å². The summed E-state index contributed by atoms with van der Waals surface area (Å²) in [4.78, 5) is 12.9. The number of carboxylic acid groups (broad SMARTS) is 1. The number of nitrogens with zero attached hydrogens (tertiary/aromatic N) is 1. The summed E-state index contributed by atoms with van der Waals surface area (Å²) in [7, 11) is 1.97. The van der Waals surface area contributed by atoms with Crippen LogP contribution in [0.4, 0.5) is 5.69 Å². The van der Waals surface area contributed by atoms with E-state index >= 15 is 0 Å². The third kappa shape index (κ3) is 1.74. The molecule has 0 saturated carbocycles. The third-order valence-electron chi connectivity index (χ3n) is 2.89. The molecule has 0 aliphatic carbocycles. The predicted octanol–water partition coefficient (Wildman–Crippen LogP) is 1.42. The predicted molar refractivity (Wildman–Crippen MR) is 63.0 cm³/mol. The highest BCUT2D eigenvalue weighted by Gasteiger charge is 2.23. The molecule has 0 spiro atoms. The van der Waals surface area contributed by atoms with Crippen LogP contribution >= 0.6 is 11.6 Å². The van der Waals surface area contributed by atoms with E-state index in [1.807, 2.05) is 13.1 Å². The number of benzene rings is 1. The van der Waals surface area contributed by atoms with Gasteiger partial charge in [0, 0.05) is 13.6 Å². The van der Waals surface area contributed by atoms with Gasteiger partial charge in [0.1, 0.15) is 6.04 Å². The van der Waals surface area contributed by atoms with Gasteiger partial charge in [-0.05, 0) is 23.6 Å². The third-order valence-corrected chi connectivity index (χ3v) is 3.18. The summed E-state index contributed by atoms with van der Waals surface area (Å²) in [6.45, 7) is 0.904. The molecular weight excluding hydrogens is 228 g/mol. The summed E-state index contributed by atoms with van der Waals surface area (Å²) in [6, 6.07) is 2.47. The molecule has 2 rings (SSSR count). The van der Waals surface area contributed by atoms with Crippen LogP contribution in [0.15, 0.2) is 12.1 Å². The number of carboxylic acids is 1. The van der Waals surface area contributed by atoms with E-state index in [9.17, 15) is 4.79 Å². The molecule has 0 fully saturated rings. The zero-order valence-electron chi connectivity index (χ0n) is 8.90. The molecule has 0 saturated heterocycles. The van der Waals surface area contributed by atoms with Crippen LogP contribution in [-0.2, 0) is 11.2 Å². The van der Waals surface area contributed by atoms with E-state index in [4.69, 9.17) is 22.4 Å². The van der Waals surface area contributed by atoms with Gasteiger partial charge in [0.25, 0.3) is 0 Å². The highest BCUT2D eigenvalue weighted by atomic mass is 35.5. The molecule has 1 aromatic rings. The number of carbonyl (C=O) groups is 1. The largest absolute Gasteiger partial charge is 0.480 e. The molecule has 1 heterocycles. The van der Waals surface area contributed by atoms with Crippen molar-refractivity contribution >= 4 is 23.3 Å². The molecule has 16 heavy (non-hydrogen) atoms. The molecule has 1 atom stereocenters. The van der Waals surface area contributed by atoms with Crippen LogP contribution in [0.5, 0.6) is 0 Å². The summed E-state index contributed by atoms with van der Waals surface area (Å²) in [5.41, 5.74) is 8.19. The van der Waals surface area contributed by atoms with Crippen molar-refractivity contribution in [3.8, 4) is 0 Å². The van der Waals surface area contributed by atoms with Crippen LogP contribution < -0.4 is 10.6 Å². The van der Waals surface area contributed by atoms with Gasteiger partial charge in [0.15, 0.2) is 0 Å². The number of nitrogens with two attached hydrogens (primary N) is 1. The Bertz CT molecular complexity index is 448. The summed E-state index contributed by atoms with van der Waals surface area (Å²) in [5.74, 6) is -1.04. The average Bonchev–Trinajstić information content (AvgIpc) is 2.59. The molecule has 0 bridgehead atoms. The first kappa shape index (κ1) is 11.2. The zero-order valence-corrected chi connectivity index (χ0v) is 9.66. The van der Waals surface area contributed by atoms with Gasteiger partial charge in [0.2, 0.25) is 0 Å². The van der Waals surface area contributed by atoms with E-state index in [0.29, 0.717) is 10.6 Å². The quantitative estimate of drug-likeness (QED) is 0.821. The van der Waals surface area contributed by atoms with Crippen molar-refractivity contribution in [3.63, 3.8) is 0 Å². The van der Waals surface area contributed by atoms with Crippen LogP contribution in [0, 0.1) is 0 Å². The minimum absolute atomic E-state index is 0.562. The Morgan fingerprint density at radius 1 is 1.62 bits per heavy atom. The Labute approximate surface area is 98.6 Å². The highest BCUT2D eigenvalue weighted by Crippen LogP contribution is 2.36.